The van der Waals surface area contributed by atoms with E-state index in [1.165, 1.54) is 0 Å². The maximum absolute atomic E-state index is 12.5. The van der Waals surface area contributed by atoms with Crippen molar-refractivity contribution >= 4 is 21.9 Å². The lowest BCUT2D eigenvalue weighted by atomic mass is 10.2. The van der Waals surface area contributed by atoms with Crippen molar-refractivity contribution in [1.82, 2.24) is 15.0 Å². The van der Waals surface area contributed by atoms with Crippen LogP contribution in [0.1, 0.15) is 48.9 Å². The third-order valence-corrected chi connectivity index (χ3v) is 5.08. The van der Waals surface area contributed by atoms with E-state index >= 15 is 0 Å². The number of aryl methyl sites for hydroxylation is 2. The first kappa shape index (κ1) is 20.2. The van der Waals surface area contributed by atoms with E-state index in [2.05, 4.69) is 15.0 Å². The Hall–Kier alpha value is -1.87. The first-order valence-corrected chi connectivity index (χ1v) is 9.27. The van der Waals surface area contributed by atoms with Crippen molar-refractivity contribution < 1.29 is 22.7 Å². The Morgan fingerprint density at radius 1 is 1.21 bits per heavy atom. The number of H-pyrrole nitrogens is 1. The summed E-state index contributed by atoms with van der Waals surface area (Å²) in [6.07, 6.45) is 0.738. The number of esters is 1. The lowest BCUT2D eigenvalue weighted by Gasteiger charge is -2.12. The number of nitrogens with one attached hydrogen (secondary N) is 3. The zero-order valence-corrected chi connectivity index (χ0v) is 15.5. The molecule has 0 radical (unpaired) electrons. The molecule has 0 bridgehead atoms. The van der Waals surface area contributed by atoms with Crippen molar-refractivity contribution in [2.75, 3.05) is 13.2 Å². The summed E-state index contributed by atoms with van der Waals surface area (Å²) in [5.41, 5.74) is 0.671. The van der Waals surface area contributed by atoms with Crippen LogP contribution in [0.5, 0.6) is 0 Å². The lowest BCUT2D eigenvalue weighted by molar-refractivity contribution is -0.120. The molecular weight excluding hydrogens is 334 g/mol. The second-order valence-corrected chi connectivity index (χ2v) is 7.20. The van der Waals surface area contributed by atoms with E-state index in [1.54, 1.807) is 20.8 Å². The maximum Gasteiger partial charge on any atom is 0.341 e. The fourth-order valence-corrected chi connectivity index (χ4v) is 3.63. The molecule has 1 aromatic heterocycles. The monoisotopic (exact) mass is 359 g/mol. The van der Waals surface area contributed by atoms with E-state index in [4.69, 9.17) is 4.74 Å². The van der Waals surface area contributed by atoms with Gasteiger partial charge in [0.2, 0.25) is 15.9 Å². The van der Waals surface area contributed by atoms with Gasteiger partial charge in [0.1, 0.15) is 10.5 Å². The third kappa shape index (κ3) is 4.81. The average Bonchev–Trinajstić information content (AvgIpc) is 2.80. The molecule has 8 nitrogen and oxygen atoms in total. The van der Waals surface area contributed by atoms with Crippen LogP contribution < -0.4 is 10.0 Å². The summed E-state index contributed by atoms with van der Waals surface area (Å²) < 4.78 is 32.2. The maximum atomic E-state index is 12.5. The normalized spacial score (nSPS) is 12.7. The second kappa shape index (κ2) is 8.29. The number of carbonyl (C=O) groups excluding carboxylic acids is 2. The van der Waals surface area contributed by atoms with Crippen molar-refractivity contribution in [1.29, 1.82) is 0 Å². The Bertz CT molecular complexity index is 709. The molecule has 0 unspecified atom stereocenters. The number of hydrogen-bond acceptors (Lipinski definition) is 5. The van der Waals surface area contributed by atoms with Gasteiger partial charge in [-0.2, -0.15) is 0 Å². The van der Waals surface area contributed by atoms with Crippen LogP contribution in [0.3, 0.4) is 0 Å². The van der Waals surface area contributed by atoms with Gasteiger partial charge in [-0.3, -0.25) is 4.79 Å². The molecule has 136 valence electrons. The molecule has 0 saturated heterocycles. The smallest absolute Gasteiger partial charge is 0.341 e. The average molecular weight is 359 g/mol. The molecule has 3 N–H and O–H groups in total. The van der Waals surface area contributed by atoms with Gasteiger partial charge in [-0.25, -0.2) is 17.9 Å². The third-order valence-electron chi connectivity index (χ3n) is 3.51. The summed E-state index contributed by atoms with van der Waals surface area (Å²) in [6.45, 7) is 8.23. The van der Waals surface area contributed by atoms with Gasteiger partial charge >= 0.3 is 5.97 Å². The predicted molar refractivity (Wildman–Crippen MR) is 89.3 cm³/mol. The molecule has 0 aliphatic heterocycles. The van der Waals surface area contributed by atoms with E-state index in [9.17, 15) is 18.0 Å². The number of aromatic nitrogens is 1. The van der Waals surface area contributed by atoms with E-state index in [1.807, 2.05) is 13.8 Å². The van der Waals surface area contributed by atoms with Crippen molar-refractivity contribution in [2.45, 2.75) is 52.0 Å². The molecule has 1 rings (SSSR count). The Labute approximate surface area is 142 Å². The molecule has 1 aromatic rings. The van der Waals surface area contributed by atoms with Crippen LogP contribution in [0.2, 0.25) is 0 Å². The molecule has 0 aromatic carbocycles. The first-order valence-electron chi connectivity index (χ1n) is 7.79. The number of hydrogen-bond donors (Lipinski definition) is 3. The summed E-state index contributed by atoms with van der Waals surface area (Å²) >= 11 is 0. The Balaban J connectivity index is 3.03. The molecule has 9 heteroatoms. The minimum atomic E-state index is -4.04. The first-order chi connectivity index (χ1) is 11.1. The van der Waals surface area contributed by atoms with E-state index in [-0.39, 0.29) is 23.1 Å². The number of rotatable bonds is 8. The number of aromatic amines is 1. The van der Waals surface area contributed by atoms with Gasteiger partial charge in [0.15, 0.2) is 0 Å². The zero-order chi connectivity index (χ0) is 18.5. The predicted octanol–water partition coefficient (Wildman–Crippen LogP) is 1.00. The Kier molecular flexibility index (Phi) is 6.97. The van der Waals surface area contributed by atoms with Crippen LogP contribution in [0.25, 0.3) is 0 Å². The number of amides is 1. The van der Waals surface area contributed by atoms with Crippen LogP contribution in [0.15, 0.2) is 4.90 Å². The summed E-state index contributed by atoms with van der Waals surface area (Å²) in [5, 5.41) is 2.67. The lowest BCUT2D eigenvalue weighted by Crippen LogP contribution is -2.40. The largest absolute Gasteiger partial charge is 0.462 e. The highest BCUT2D eigenvalue weighted by Gasteiger charge is 2.30. The van der Waals surface area contributed by atoms with Crippen molar-refractivity contribution in [3.05, 3.63) is 17.0 Å². The highest BCUT2D eigenvalue weighted by atomic mass is 32.2. The van der Waals surface area contributed by atoms with Crippen LogP contribution in [-0.2, 0) is 19.6 Å². The molecule has 0 aliphatic carbocycles. The van der Waals surface area contributed by atoms with E-state index < -0.39 is 28.4 Å². The van der Waals surface area contributed by atoms with Gasteiger partial charge in [0.05, 0.1) is 13.2 Å². The SMILES string of the molecule is CCOC(=O)c1c(C)[nH]c(C)c1S(=O)(=O)NCC(=O)N[C@@H](C)CC. The quantitative estimate of drug-likeness (QED) is 0.599. The summed E-state index contributed by atoms with van der Waals surface area (Å²) in [6, 6.07) is -0.0478. The molecule has 0 spiro atoms. The molecule has 0 saturated carbocycles. The van der Waals surface area contributed by atoms with Crippen molar-refractivity contribution in [3.8, 4) is 0 Å². The second-order valence-electron chi connectivity index (χ2n) is 5.50. The van der Waals surface area contributed by atoms with Gasteiger partial charge in [-0.05, 0) is 34.1 Å². The Morgan fingerprint density at radius 3 is 2.38 bits per heavy atom. The minimum absolute atomic E-state index is 0.0378. The fourth-order valence-electron chi connectivity index (χ4n) is 2.20. The highest BCUT2D eigenvalue weighted by Crippen LogP contribution is 2.24. The van der Waals surface area contributed by atoms with E-state index in [0.717, 1.165) is 6.42 Å². The molecule has 1 atom stereocenters. The zero-order valence-electron chi connectivity index (χ0n) is 14.6. The number of sulfonamides is 1. The van der Waals surface area contributed by atoms with Gasteiger partial charge in [0, 0.05) is 17.4 Å². The van der Waals surface area contributed by atoms with Gasteiger partial charge in [0.25, 0.3) is 0 Å². The topological polar surface area (TPSA) is 117 Å². The standard InChI is InChI=1S/C15H25N3O5S/c1-6-9(3)17-12(19)8-16-24(21,22)14-11(5)18-10(4)13(14)15(20)23-7-2/h9,16,18H,6-8H2,1-5H3,(H,17,19)/t9-/m0/s1. The fraction of sp³-hybridized carbons (Fsp3) is 0.600. The van der Waals surface area contributed by atoms with Gasteiger partial charge < -0.3 is 15.0 Å². The summed E-state index contributed by atoms with van der Waals surface area (Å²) in [7, 11) is -4.04. The molecule has 1 heterocycles. The number of carbonyl (C=O) groups is 2. The molecule has 24 heavy (non-hydrogen) atoms. The van der Waals surface area contributed by atoms with E-state index in [0.29, 0.717) is 11.4 Å². The summed E-state index contributed by atoms with van der Waals surface area (Å²) in [4.78, 5) is 26.5. The summed E-state index contributed by atoms with van der Waals surface area (Å²) in [5.74, 6) is -1.15. The molecule has 0 fully saturated rings. The molecule has 1 amide bonds. The highest BCUT2D eigenvalue weighted by molar-refractivity contribution is 7.89. The van der Waals surface area contributed by atoms with Crippen LogP contribution in [-0.4, -0.2) is 44.5 Å². The van der Waals surface area contributed by atoms with Crippen molar-refractivity contribution in [3.63, 3.8) is 0 Å². The molecule has 0 aliphatic rings. The van der Waals surface area contributed by atoms with Crippen molar-refractivity contribution in [2.24, 2.45) is 0 Å². The van der Waals surface area contributed by atoms with Crippen LogP contribution in [0, 0.1) is 13.8 Å². The number of ether oxygens (including phenoxy) is 1. The van der Waals surface area contributed by atoms with Gasteiger partial charge in [-0.1, -0.05) is 6.92 Å². The minimum Gasteiger partial charge on any atom is -0.462 e. The van der Waals surface area contributed by atoms with Gasteiger partial charge in [-0.15, -0.1) is 0 Å². The molecular formula is C15H25N3O5S. The Morgan fingerprint density at radius 2 is 1.83 bits per heavy atom. The van der Waals surface area contributed by atoms with Crippen LogP contribution >= 0.6 is 0 Å². The van der Waals surface area contributed by atoms with Crippen LogP contribution in [0.4, 0.5) is 0 Å².